The van der Waals surface area contributed by atoms with Crippen LogP contribution in [0.25, 0.3) is 0 Å². The molecule has 20 heavy (non-hydrogen) atoms. The van der Waals surface area contributed by atoms with E-state index in [4.69, 9.17) is 0 Å². The number of rotatable bonds is 4. The molecule has 2 rings (SSSR count). The van der Waals surface area contributed by atoms with E-state index in [2.05, 4.69) is 10.2 Å². The molecule has 1 N–H and O–H groups in total. The van der Waals surface area contributed by atoms with Crippen LogP contribution in [0.1, 0.15) is 42.1 Å². The number of carbonyl (C=O) groups excluding carboxylic acids is 1. The molecule has 1 atom stereocenters. The Labute approximate surface area is 120 Å². The summed E-state index contributed by atoms with van der Waals surface area (Å²) in [5.41, 5.74) is 0.946. The monoisotopic (exact) mass is 278 g/mol. The van der Waals surface area contributed by atoms with Crippen molar-refractivity contribution in [1.82, 2.24) is 10.2 Å². The van der Waals surface area contributed by atoms with Gasteiger partial charge in [0.15, 0.2) is 0 Å². The van der Waals surface area contributed by atoms with Gasteiger partial charge in [-0.2, -0.15) is 0 Å². The van der Waals surface area contributed by atoms with E-state index in [1.807, 2.05) is 13.8 Å². The minimum Gasteiger partial charge on any atom is -0.348 e. The lowest BCUT2D eigenvalue weighted by Crippen LogP contribution is -2.43. The zero-order chi connectivity index (χ0) is 14.5. The molecule has 1 heterocycles. The summed E-state index contributed by atoms with van der Waals surface area (Å²) < 4.78 is 13.7. The molecule has 0 aromatic heterocycles. The molecule has 3 nitrogen and oxygen atoms in total. The van der Waals surface area contributed by atoms with Gasteiger partial charge in [0.05, 0.1) is 5.56 Å². The Kier molecular flexibility index (Phi) is 5.12. The number of hydrogen-bond donors (Lipinski definition) is 1. The van der Waals surface area contributed by atoms with Crippen molar-refractivity contribution >= 4 is 5.91 Å². The number of nitrogens with one attached hydrogen (secondary N) is 1. The molecule has 1 unspecified atom stereocenters. The Morgan fingerprint density at radius 3 is 2.70 bits per heavy atom. The quantitative estimate of drug-likeness (QED) is 0.918. The van der Waals surface area contributed by atoms with E-state index in [0.29, 0.717) is 0 Å². The van der Waals surface area contributed by atoms with Crippen LogP contribution in [0.2, 0.25) is 0 Å². The molecule has 1 aromatic rings. The number of hydrogen-bond acceptors (Lipinski definition) is 2. The van der Waals surface area contributed by atoms with Crippen LogP contribution in [0, 0.1) is 12.7 Å². The van der Waals surface area contributed by atoms with Gasteiger partial charge in [0.1, 0.15) is 5.82 Å². The molecular formula is C16H23FN2O. The van der Waals surface area contributed by atoms with Crippen molar-refractivity contribution in [2.45, 2.75) is 39.2 Å². The average Bonchev–Trinajstić information content (AvgIpc) is 2.39. The van der Waals surface area contributed by atoms with Crippen molar-refractivity contribution < 1.29 is 9.18 Å². The smallest absolute Gasteiger partial charge is 0.254 e. The summed E-state index contributed by atoms with van der Waals surface area (Å²) in [6.45, 7) is 6.81. The maximum Gasteiger partial charge on any atom is 0.254 e. The molecule has 0 spiro atoms. The zero-order valence-corrected chi connectivity index (χ0v) is 12.3. The highest BCUT2D eigenvalue weighted by molar-refractivity contribution is 5.94. The van der Waals surface area contributed by atoms with Gasteiger partial charge in [-0.1, -0.05) is 12.5 Å². The maximum atomic E-state index is 13.7. The van der Waals surface area contributed by atoms with E-state index in [1.54, 1.807) is 12.1 Å². The fourth-order valence-corrected chi connectivity index (χ4v) is 2.68. The van der Waals surface area contributed by atoms with Gasteiger partial charge in [0, 0.05) is 12.6 Å². The van der Waals surface area contributed by atoms with Crippen molar-refractivity contribution in [1.29, 1.82) is 0 Å². The van der Waals surface area contributed by atoms with Crippen LogP contribution >= 0.6 is 0 Å². The van der Waals surface area contributed by atoms with Crippen molar-refractivity contribution in [3.63, 3.8) is 0 Å². The lowest BCUT2D eigenvalue weighted by molar-refractivity contribution is 0.0921. The van der Waals surface area contributed by atoms with E-state index < -0.39 is 5.82 Å². The molecule has 4 heteroatoms. The second-order valence-electron chi connectivity index (χ2n) is 5.72. The number of amides is 1. The number of aryl methyl sites for hydroxylation is 1. The first kappa shape index (κ1) is 15.0. The summed E-state index contributed by atoms with van der Waals surface area (Å²) in [6.07, 6.45) is 3.76. The van der Waals surface area contributed by atoms with Gasteiger partial charge in [-0.05, 0) is 57.5 Å². The molecule has 0 bridgehead atoms. The number of benzene rings is 1. The third-order valence-electron chi connectivity index (χ3n) is 3.73. The number of nitrogens with zero attached hydrogens (tertiary/aromatic N) is 1. The largest absolute Gasteiger partial charge is 0.348 e. The van der Waals surface area contributed by atoms with Gasteiger partial charge >= 0.3 is 0 Å². The lowest BCUT2D eigenvalue weighted by atomic mass is 10.1. The fourth-order valence-electron chi connectivity index (χ4n) is 2.68. The molecule has 1 aliphatic heterocycles. The summed E-state index contributed by atoms with van der Waals surface area (Å²) in [4.78, 5) is 14.4. The Bertz CT molecular complexity index is 470. The third kappa shape index (κ3) is 4.04. The second-order valence-corrected chi connectivity index (χ2v) is 5.72. The van der Waals surface area contributed by atoms with Crippen LogP contribution in [-0.4, -0.2) is 36.5 Å². The minimum absolute atomic E-state index is 0.0290. The topological polar surface area (TPSA) is 32.3 Å². The summed E-state index contributed by atoms with van der Waals surface area (Å²) in [6, 6.07) is 4.73. The van der Waals surface area contributed by atoms with Crippen molar-refractivity contribution in [2.24, 2.45) is 0 Å². The summed E-state index contributed by atoms with van der Waals surface area (Å²) in [5.74, 6) is -0.778. The Balaban J connectivity index is 1.89. The van der Waals surface area contributed by atoms with Gasteiger partial charge in [0.25, 0.3) is 5.91 Å². The summed E-state index contributed by atoms with van der Waals surface area (Å²) >= 11 is 0. The minimum atomic E-state index is -0.451. The number of piperidine rings is 1. The van der Waals surface area contributed by atoms with Crippen molar-refractivity contribution in [3.8, 4) is 0 Å². The first-order valence-corrected chi connectivity index (χ1v) is 7.35. The van der Waals surface area contributed by atoms with Gasteiger partial charge in [0.2, 0.25) is 0 Å². The predicted molar refractivity (Wildman–Crippen MR) is 78.4 cm³/mol. The maximum absolute atomic E-state index is 13.7. The average molecular weight is 278 g/mol. The van der Waals surface area contributed by atoms with Crippen molar-refractivity contribution in [2.75, 3.05) is 19.6 Å². The normalized spacial score (nSPS) is 17.8. The second kappa shape index (κ2) is 6.84. The van der Waals surface area contributed by atoms with E-state index in [1.165, 1.54) is 25.3 Å². The van der Waals surface area contributed by atoms with Gasteiger partial charge in [-0.3, -0.25) is 4.79 Å². The van der Waals surface area contributed by atoms with Gasteiger partial charge < -0.3 is 10.2 Å². The standard InChI is InChI=1S/C16H23FN2O/c1-12-6-7-14(15(17)10-12)16(20)18-13(2)11-19-8-4-3-5-9-19/h6-7,10,13H,3-5,8-9,11H2,1-2H3,(H,18,20). The molecule has 0 radical (unpaired) electrons. The Morgan fingerprint density at radius 1 is 1.35 bits per heavy atom. The van der Waals surface area contributed by atoms with E-state index in [-0.39, 0.29) is 17.5 Å². The highest BCUT2D eigenvalue weighted by Gasteiger charge is 2.17. The molecule has 1 aromatic carbocycles. The summed E-state index contributed by atoms with van der Waals surface area (Å²) in [5, 5.41) is 2.88. The van der Waals surface area contributed by atoms with E-state index in [0.717, 1.165) is 25.2 Å². The highest BCUT2D eigenvalue weighted by atomic mass is 19.1. The van der Waals surface area contributed by atoms with Crippen LogP contribution in [0.4, 0.5) is 4.39 Å². The van der Waals surface area contributed by atoms with Crippen LogP contribution in [0.5, 0.6) is 0 Å². The molecule has 1 fully saturated rings. The molecule has 1 aliphatic rings. The SMILES string of the molecule is Cc1ccc(C(=O)NC(C)CN2CCCCC2)c(F)c1. The third-order valence-corrected chi connectivity index (χ3v) is 3.73. The fraction of sp³-hybridized carbons (Fsp3) is 0.562. The number of halogens is 1. The summed E-state index contributed by atoms with van der Waals surface area (Å²) in [7, 11) is 0. The van der Waals surface area contributed by atoms with Crippen LogP contribution in [0.3, 0.4) is 0 Å². The number of likely N-dealkylation sites (tertiary alicyclic amines) is 1. The molecule has 0 aliphatic carbocycles. The molecule has 110 valence electrons. The highest BCUT2D eigenvalue weighted by Crippen LogP contribution is 2.11. The van der Waals surface area contributed by atoms with E-state index in [9.17, 15) is 9.18 Å². The first-order chi connectivity index (χ1) is 9.56. The Morgan fingerprint density at radius 2 is 2.05 bits per heavy atom. The van der Waals surface area contributed by atoms with Crippen LogP contribution in [-0.2, 0) is 0 Å². The molecule has 1 amide bonds. The predicted octanol–water partition coefficient (Wildman–Crippen LogP) is 2.74. The molecule has 1 saturated heterocycles. The molecular weight excluding hydrogens is 255 g/mol. The van der Waals surface area contributed by atoms with E-state index >= 15 is 0 Å². The number of carbonyl (C=O) groups is 1. The van der Waals surface area contributed by atoms with Gasteiger partial charge in [-0.15, -0.1) is 0 Å². The van der Waals surface area contributed by atoms with Crippen LogP contribution < -0.4 is 5.32 Å². The molecule has 0 saturated carbocycles. The lowest BCUT2D eigenvalue weighted by Gasteiger charge is -2.29. The Hall–Kier alpha value is -1.42. The first-order valence-electron chi connectivity index (χ1n) is 7.35. The zero-order valence-electron chi connectivity index (χ0n) is 12.3. The van der Waals surface area contributed by atoms with Gasteiger partial charge in [-0.25, -0.2) is 4.39 Å². The van der Waals surface area contributed by atoms with Crippen LogP contribution in [0.15, 0.2) is 18.2 Å². The van der Waals surface area contributed by atoms with Crippen molar-refractivity contribution in [3.05, 3.63) is 35.1 Å².